The Morgan fingerprint density at radius 3 is 2.53 bits per heavy atom. The summed E-state index contributed by atoms with van der Waals surface area (Å²) < 4.78 is 13.5. The van der Waals surface area contributed by atoms with E-state index in [2.05, 4.69) is 31.4 Å². The fraction of sp³-hybridized carbons (Fsp3) is 0.533. The lowest BCUT2D eigenvalue weighted by atomic mass is 10.0. The lowest BCUT2D eigenvalue weighted by Gasteiger charge is -2.17. The van der Waals surface area contributed by atoms with Crippen LogP contribution in [0.3, 0.4) is 0 Å². The van der Waals surface area contributed by atoms with Crippen molar-refractivity contribution in [2.75, 3.05) is 10.6 Å². The molecule has 0 aliphatic heterocycles. The third-order valence-electron chi connectivity index (χ3n) is 2.87. The molecule has 1 rings (SSSR count). The minimum Gasteiger partial charge on any atom is -0.383 e. The fourth-order valence-electron chi connectivity index (χ4n) is 1.84. The van der Waals surface area contributed by atoms with Gasteiger partial charge in [0.05, 0.1) is 5.69 Å². The van der Waals surface area contributed by atoms with Gasteiger partial charge in [-0.2, -0.15) is 0 Å². The molecule has 0 heterocycles. The van der Waals surface area contributed by atoms with Crippen LogP contribution >= 0.6 is 0 Å². The lowest BCUT2D eigenvalue weighted by Crippen LogP contribution is -2.16. The first-order valence-corrected chi connectivity index (χ1v) is 6.72. The van der Waals surface area contributed by atoms with Gasteiger partial charge < -0.3 is 10.6 Å². The molecule has 0 saturated heterocycles. The van der Waals surface area contributed by atoms with E-state index >= 15 is 0 Å². The molecule has 0 saturated carbocycles. The Hall–Kier alpha value is -1.58. The van der Waals surface area contributed by atoms with E-state index in [0.717, 1.165) is 18.5 Å². The summed E-state index contributed by atoms with van der Waals surface area (Å²) in [4.78, 5) is 11.0. The van der Waals surface area contributed by atoms with Crippen LogP contribution in [0.25, 0.3) is 0 Å². The molecule has 19 heavy (non-hydrogen) atoms. The molecule has 0 spiro atoms. The predicted octanol–water partition coefficient (Wildman–Crippen LogP) is 4.02. The average molecular weight is 266 g/mol. The number of nitrogens with one attached hydrogen (secondary N) is 2. The first-order valence-electron chi connectivity index (χ1n) is 6.72. The highest BCUT2D eigenvalue weighted by Gasteiger charge is 2.08. The van der Waals surface area contributed by atoms with Gasteiger partial charge in [-0.1, -0.05) is 13.8 Å². The van der Waals surface area contributed by atoms with Gasteiger partial charge in [-0.3, -0.25) is 4.79 Å². The molecule has 1 amide bonds. The zero-order valence-electron chi connectivity index (χ0n) is 12.1. The van der Waals surface area contributed by atoms with Crippen LogP contribution in [0.1, 0.15) is 40.5 Å². The summed E-state index contributed by atoms with van der Waals surface area (Å²) in [5.41, 5.74) is 1.04. The van der Waals surface area contributed by atoms with Crippen molar-refractivity contribution in [3.63, 3.8) is 0 Å². The SMILES string of the molecule is CC(=O)Nc1cc(NC(C)CCC(C)C)ccc1F. The van der Waals surface area contributed by atoms with Crippen molar-refractivity contribution in [1.29, 1.82) is 0 Å². The molecule has 0 bridgehead atoms. The monoisotopic (exact) mass is 266 g/mol. The summed E-state index contributed by atoms with van der Waals surface area (Å²) in [7, 11) is 0. The quantitative estimate of drug-likeness (QED) is 0.816. The Morgan fingerprint density at radius 1 is 1.26 bits per heavy atom. The molecule has 0 aliphatic carbocycles. The van der Waals surface area contributed by atoms with Crippen LogP contribution < -0.4 is 10.6 Å². The summed E-state index contributed by atoms with van der Waals surface area (Å²) >= 11 is 0. The molecular formula is C15H23FN2O. The summed E-state index contributed by atoms with van der Waals surface area (Å²) in [6.07, 6.45) is 2.21. The maximum absolute atomic E-state index is 13.5. The highest BCUT2D eigenvalue weighted by atomic mass is 19.1. The summed E-state index contributed by atoms with van der Waals surface area (Å²) in [6, 6.07) is 5.00. The summed E-state index contributed by atoms with van der Waals surface area (Å²) in [5, 5.41) is 5.80. The van der Waals surface area contributed by atoms with Crippen LogP contribution in [0.2, 0.25) is 0 Å². The molecule has 1 aromatic rings. The maximum atomic E-state index is 13.5. The third-order valence-corrected chi connectivity index (χ3v) is 2.87. The van der Waals surface area contributed by atoms with E-state index in [1.54, 1.807) is 12.1 Å². The third kappa shape index (κ3) is 5.73. The van der Waals surface area contributed by atoms with E-state index in [9.17, 15) is 9.18 Å². The Balaban J connectivity index is 2.65. The molecule has 0 aliphatic rings. The Morgan fingerprint density at radius 2 is 1.95 bits per heavy atom. The molecule has 0 aromatic heterocycles. The van der Waals surface area contributed by atoms with Gasteiger partial charge >= 0.3 is 0 Å². The van der Waals surface area contributed by atoms with Gasteiger partial charge in [-0.25, -0.2) is 4.39 Å². The molecule has 0 fully saturated rings. The normalized spacial score (nSPS) is 12.3. The highest BCUT2D eigenvalue weighted by molar-refractivity contribution is 5.89. The highest BCUT2D eigenvalue weighted by Crippen LogP contribution is 2.21. The first kappa shape index (κ1) is 15.5. The molecule has 1 atom stereocenters. The van der Waals surface area contributed by atoms with Crippen LogP contribution in [0.4, 0.5) is 15.8 Å². The van der Waals surface area contributed by atoms with E-state index in [0.29, 0.717) is 12.0 Å². The van der Waals surface area contributed by atoms with E-state index in [1.165, 1.54) is 13.0 Å². The second kappa shape index (κ2) is 7.12. The van der Waals surface area contributed by atoms with Gasteiger partial charge in [0, 0.05) is 18.7 Å². The fourth-order valence-corrected chi connectivity index (χ4v) is 1.84. The van der Waals surface area contributed by atoms with Crippen LogP contribution in [0, 0.1) is 11.7 Å². The van der Waals surface area contributed by atoms with Crippen molar-refractivity contribution in [2.45, 2.75) is 46.6 Å². The molecule has 2 N–H and O–H groups in total. The van der Waals surface area contributed by atoms with Gasteiger partial charge in [0.15, 0.2) is 0 Å². The van der Waals surface area contributed by atoms with Gasteiger partial charge in [0.2, 0.25) is 5.91 Å². The predicted molar refractivity (Wildman–Crippen MR) is 77.9 cm³/mol. The number of benzene rings is 1. The number of halogens is 1. The molecular weight excluding hydrogens is 243 g/mol. The second-order valence-electron chi connectivity index (χ2n) is 5.39. The van der Waals surface area contributed by atoms with Gasteiger partial charge in [0.25, 0.3) is 0 Å². The largest absolute Gasteiger partial charge is 0.383 e. The van der Waals surface area contributed by atoms with Gasteiger partial charge in [0.1, 0.15) is 5.82 Å². The second-order valence-corrected chi connectivity index (χ2v) is 5.39. The minimum absolute atomic E-state index is 0.216. The summed E-state index contributed by atoms with van der Waals surface area (Å²) in [5.74, 6) is -0.0214. The van der Waals surface area contributed by atoms with Crippen molar-refractivity contribution in [2.24, 2.45) is 5.92 Å². The van der Waals surface area contributed by atoms with Gasteiger partial charge in [-0.05, 0) is 43.9 Å². The first-order chi connectivity index (χ1) is 8.88. The molecule has 0 radical (unpaired) electrons. The van der Waals surface area contributed by atoms with Crippen LogP contribution in [-0.2, 0) is 4.79 Å². The van der Waals surface area contributed by atoms with Crippen molar-refractivity contribution in [1.82, 2.24) is 0 Å². The Bertz CT molecular complexity index is 432. The number of carbonyl (C=O) groups is 1. The number of carbonyl (C=O) groups excluding carboxylic acids is 1. The average Bonchev–Trinajstić information content (AvgIpc) is 2.30. The zero-order chi connectivity index (χ0) is 14.4. The number of amides is 1. The van der Waals surface area contributed by atoms with Crippen molar-refractivity contribution >= 4 is 17.3 Å². The topological polar surface area (TPSA) is 41.1 Å². The number of hydrogen-bond acceptors (Lipinski definition) is 2. The van der Waals surface area contributed by atoms with E-state index in [4.69, 9.17) is 0 Å². The minimum atomic E-state index is -0.421. The molecule has 3 nitrogen and oxygen atoms in total. The van der Waals surface area contributed by atoms with E-state index in [-0.39, 0.29) is 11.6 Å². The molecule has 4 heteroatoms. The Kier molecular flexibility index (Phi) is 5.80. The van der Waals surface area contributed by atoms with Crippen LogP contribution in [-0.4, -0.2) is 11.9 Å². The Labute approximate surface area is 114 Å². The van der Waals surface area contributed by atoms with Crippen molar-refractivity contribution in [3.8, 4) is 0 Å². The summed E-state index contributed by atoms with van der Waals surface area (Å²) in [6.45, 7) is 7.85. The maximum Gasteiger partial charge on any atom is 0.221 e. The number of rotatable bonds is 6. The van der Waals surface area contributed by atoms with Gasteiger partial charge in [-0.15, -0.1) is 0 Å². The smallest absolute Gasteiger partial charge is 0.221 e. The standard InChI is InChI=1S/C15H23FN2O/c1-10(2)5-6-11(3)17-13-7-8-14(16)15(9-13)18-12(4)19/h7-11,17H,5-6H2,1-4H3,(H,18,19). The molecule has 1 unspecified atom stereocenters. The van der Waals surface area contributed by atoms with Crippen LogP contribution in [0.15, 0.2) is 18.2 Å². The lowest BCUT2D eigenvalue weighted by molar-refractivity contribution is -0.114. The number of hydrogen-bond donors (Lipinski definition) is 2. The van der Waals surface area contributed by atoms with Crippen LogP contribution in [0.5, 0.6) is 0 Å². The number of anilines is 2. The van der Waals surface area contributed by atoms with Crippen molar-refractivity contribution < 1.29 is 9.18 Å². The van der Waals surface area contributed by atoms with E-state index < -0.39 is 5.82 Å². The zero-order valence-corrected chi connectivity index (χ0v) is 12.1. The molecule has 1 aromatic carbocycles. The van der Waals surface area contributed by atoms with E-state index in [1.807, 2.05) is 0 Å². The molecule has 106 valence electrons. The van der Waals surface area contributed by atoms with Crippen molar-refractivity contribution in [3.05, 3.63) is 24.0 Å².